The smallest absolute Gasteiger partial charge is 0.293 e. The lowest BCUT2D eigenvalue weighted by atomic mass is 10.2. The van der Waals surface area contributed by atoms with Crippen LogP contribution in [0.3, 0.4) is 0 Å². The minimum atomic E-state index is -3.64. The Labute approximate surface area is 150 Å². The summed E-state index contributed by atoms with van der Waals surface area (Å²) < 4.78 is 53.2. The van der Waals surface area contributed by atoms with Crippen LogP contribution in [-0.4, -0.2) is 53.4 Å². The van der Waals surface area contributed by atoms with E-state index < -0.39 is 16.6 Å². The third kappa shape index (κ3) is 3.75. The monoisotopic (exact) mass is 381 g/mol. The highest BCUT2D eigenvalue weighted by atomic mass is 32.2. The number of alkyl halides is 2. The number of benzene rings is 1. The quantitative estimate of drug-likeness (QED) is 0.787. The summed E-state index contributed by atoms with van der Waals surface area (Å²) in [5, 5.41) is 8.80. The number of aromatic nitrogens is 2. The molecular formula is C16H17F2N5O2S. The Morgan fingerprint density at radius 1 is 1.15 bits per heavy atom. The van der Waals surface area contributed by atoms with Gasteiger partial charge in [0.1, 0.15) is 5.82 Å². The molecule has 1 saturated heterocycles. The van der Waals surface area contributed by atoms with Gasteiger partial charge in [0.05, 0.1) is 23.1 Å². The Balaban J connectivity index is 1.64. The molecule has 0 amide bonds. The zero-order valence-electron chi connectivity index (χ0n) is 13.8. The summed E-state index contributed by atoms with van der Waals surface area (Å²) in [6.07, 6.45) is 2.55. The number of piperazine rings is 1. The van der Waals surface area contributed by atoms with E-state index in [9.17, 15) is 17.2 Å². The minimum Gasteiger partial charge on any atom is -0.293 e. The zero-order chi connectivity index (χ0) is 18.7. The van der Waals surface area contributed by atoms with Gasteiger partial charge < -0.3 is 0 Å². The number of rotatable bonds is 5. The van der Waals surface area contributed by atoms with E-state index in [-0.39, 0.29) is 30.4 Å². The van der Waals surface area contributed by atoms with Crippen molar-refractivity contribution in [3.8, 4) is 6.07 Å². The fourth-order valence-corrected chi connectivity index (χ4v) is 4.24. The van der Waals surface area contributed by atoms with Crippen molar-refractivity contribution in [3.63, 3.8) is 0 Å². The molecule has 26 heavy (non-hydrogen) atoms. The largest absolute Gasteiger partial charge is 0.319 e. The molecule has 0 atom stereocenters. The van der Waals surface area contributed by atoms with Crippen molar-refractivity contribution in [1.82, 2.24) is 18.8 Å². The SMILES string of the molecule is N#Cc1ccc(S(=O)(=O)N2CCN(Cc3nccn3C(F)F)CC2)cc1. The number of imidazole rings is 1. The maximum Gasteiger partial charge on any atom is 0.319 e. The second-order valence-electron chi connectivity index (χ2n) is 5.84. The first-order chi connectivity index (χ1) is 12.4. The molecule has 1 aliphatic heterocycles. The molecule has 0 aliphatic carbocycles. The van der Waals surface area contributed by atoms with Gasteiger partial charge in [-0.25, -0.2) is 13.4 Å². The number of halogens is 2. The molecule has 1 aromatic heterocycles. The summed E-state index contributed by atoms with van der Waals surface area (Å²) in [4.78, 5) is 5.98. The summed E-state index contributed by atoms with van der Waals surface area (Å²) in [6.45, 7) is -1.04. The molecule has 1 aromatic carbocycles. The first-order valence-corrected chi connectivity index (χ1v) is 9.38. The molecule has 1 aliphatic rings. The van der Waals surface area contributed by atoms with Gasteiger partial charge in [-0.1, -0.05) is 0 Å². The molecule has 0 saturated carbocycles. The summed E-state index contributed by atoms with van der Waals surface area (Å²) in [5.74, 6) is 0.253. The minimum absolute atomic E-state index is 0.137. The molecule has 0 bridgehead atoms. The third-order valence-electron chi connectivity index (χ3n) is 4.28. The van der Waals surface area contributed by atoms with Crippen molar-refractivity contribution in [2.24, 2.45) is 0 Å². The second kappa shape index (κ2) is 7.49. The maximum absolute atomic E-state index is 12.9. The summed E-state index contributed by atoms with van der Waals surface area (Å²) >= 11 is 0. The average Bonchev–Trinajstić information content (AvgIpc) is 3.10. The van der Waals surface area contributed by atoms with Gasteiger partial charge in [-0.3, -0.25) is 9.47 Å². The van der Waals surface area contributed by atoms with Gasteiger partial charge in [0.15, 0.2) is 0 Å². The summed E-state index contributed by atoms with van der Waals surface area (Å²) in [5.41, 5.74) is 0.392. The van der Waals surface area contributed by atoms with Crippen LogP contribution in [0.2, 0.25) is 0 Å². The number of nitrogens with zero attached hydrogens (tertiary/aromatic N) is 5. The van der Waals surface area contributed by atoms with E-state index in [4.69, 9.17) is 5.26 Å². The molecule has 0 unspecified atom stereocenters. The van der Waals surface area contributed by atoms with Gasteiger partial charge in [-0.15, -0.1) is 0 Å². The topological polar surface area (TPSA) is 82.2 Å². The molecule has 0 radical (unpaired) electrons. The molecule has 0 spiro atoms. The first-order valence-electron chi connectivity index (χ1n) is 7.94. The standard InChI is InChI=1S/C16H17F2N5O2S/c17-16(18)23-6-5-20-15(23)12-21-7-9-22(10-8-21)26(24,25)14-3-1-13(11-19)2-4-14/h1-6,16H,7-10,12H2. The van der Waals surface area contributed by atoms with Crippen molar-refractivity contribution < 1.29 is 17.2 Å². The van der Waals surface area contributed by atoms with Crippen molar-refractivity contribution in [2.45, 2.75) is 18.0 Å². The molecular weight excluding hydrogens is 364 g/mol. The Kier molecular flexibility index (Phi) is 5.31. The van der Waals surface area contributed by atoms with Crippen LogP contribution in [0.4, 0.5) is 8.78 Å². The number of sulfonamides is 1. The highest BCUT2D eigenvalue weighted by Crippen LogP contribution is 2.20. The summed E-state index contributed by atoms with van der Waals surface area (Å²) in [7, 11) is -3.64. The molecule has 0 N–H and O–H groups in total. The summed E-state index contributed by atoms with van der Waals surface area (Å²) in [6, 6.07) is 7.71. The molecule has 2 heterocycles. The van der Waals surface area contributed by atoms with Crippen molar-refractivity contribution in [2.75, 3.05) is 26.2 Å². The third-order valence-corrected chi connectivity index (χ3v) is 6.19. The highest BCUT2D eigenvalue weighted by molar-refractivity contribution is 7.89. The maximum atomic E-state index is 12.9. The van der Waals surface area contributed by atoms with E-state index in [0.29, 0.717) is 18.7 Å². The Hall–Kier alpha value is -2.35. The van der Waals surface area contributed by atoms with Crippen molar-refractivity contribution in [1.29, 1.82) is 5.26 Å². The van der Waals surface area contributed by atoms with E-state index in [2.05, 4.69) is 4.98 Å². The lowest BCUT2D eigenvalue weighted by Crippen LogP contribution is -2.48. The van der Waals surface area contributed by atoms with Crippen LogP contribution in [0.25, 0.3) is 0 Å². The number of nitriles is 1. The Morgan fingerprint density at radius 3 is 2.38 bits per heavy atom. The van der Waals surface area contributed by atoms with Gasteiger partial charge in [-0.05, 0) is 24.3 Å². The Bertz CT molecular complexity index is 897. The molecule has 10 heteroatoms. The van der Waals surface area contributed by atoms with Gasteiger partial charge in [0, 0.05) is 38.6 Å². The predicted octanol–water partition coefficient (Wildman–Crippen LogP) is 1.66. The lowest BCUT2D eigenvalue weighted by Gasteiger charge is -2.33. The van der Waals surface area contributed by atoms with Crippen LogP contribution < -0.4 is 0 Å². The number of hydrogen-bond donors (Lipinski definition) is 0. The molecule has 7 nitrogen and oxygen atoms in total. The first kappa shape index (κ1) is 18.4. The molecule has 2 aromatic rings. The van der Waals surface area contributed by atoms with Crippen LogP contribution in [0.1, 0.15) is 17.9 Å². The van der Waals surface area contributed by atoms with Gasteiger partial charge in [0.2, 0.25) is 10.0 Å². The Morgan fingerprint density at radius 2 is 1.81 bits per heavy atom. The van der Waals surface area contributed by atoms with E-state index >= 15 is 0 Å². The lowest BCUT2D eigenvalue weighted by molar-refractivity contribution is 0.0626. The molecule has 138 valence electrons. The van der Waals surface area contributed by atoms with Gasteiger partial charge in [0.25, 0.3) is 0 Å². The van der Waals surface area contributed by atoms with E-state index in [1.165, 1.54) is 41.0 Å². The zero-order valence-corrected chi connectivity index (χ0v) is 14.6. The van der Waals surface area contributed by atoms with Crippen molar-refractivity contribution >= 4 is 10.0 Å². The van der Waals surface area contributed by atoms with E-state index in [1.807, 2.05) is 11.0 Å². The highest BCUT2D eigenvalue weighted by Gasteiger charge is 2.29. The predicted molar refractivity (Wildman–Crippen MR) is 88.7 cm³/mol. The van der Waals surface area contributed by atoms with Gasteiger partial charge in [-0.2, -0.15) is 18.3 Å². The molecule has 3 rings (SSSR count). The van der Waals surface area contributed by atoms with Crippen LogP contribution >= 0.6 is 0 Å². The van der Waals surface area contributed by atoms with Crippen LogP contribution in [0, 0.1) is 11.3 Å². The van der Waals surface area contributed by atoms with E-state index in [0.717, 1.165) is 4.57 Å². The van der Waals surface area contributed by atoms with Crippen LogP contribution in [0.5, 0.6) is 0 Å². The molecule has 1 fully saturated rings. The van der Waals surface area contributed by atoms with E-state index in [1.54, 1.807) is 0 Å². The normalized spacial score (nSPS) is 16.7. The number of hydrogen-bond acceptors (Lipinski definition) is 5. The van der Waals surface area contributed by atoms with Crippen LogP contribution in [-0.2, 0) is 16.6 Å². The fourth-order valence-electron chi connectivity index (χ4n) is 2.82. The van der Waals surface area contributed by atoms with Crippen LogP contribution in [0.15, 0.2) is 41.6 Å². The average molecular weight is 381 g/mol. The second-order valence-corrected chi connectivity index (χ2v) is 7.78. The van der Waals surface area contributed by atoms with Gasteiger partial charge >= 0.3 is 6.55 Å². The fraction of sp³-hybridized carbons (Fsp3) is 0.375. The van der Waals surface area contributed by atoms with Crippen molar-refractivity contribution in [3.05, 3.63) is 48.0 Å².